The molecule has 0 saturated carbocycles. The normalized spacial score (nSPS) is 10.9. The highest BCUT2D eigenvalue weighted by Gasteiger charge is 2.16. The zero-order valence-corrected chi connectivity index (χ0v) is 16.6. The van der Waals surface area contributed by atoms with Crippen LogP contribution in [-0.2, 0) is 4.74 Å². The van der Waals surface area contributed by atoms with Gasteiger partial charge in [-0.2, -0.15) is 0 Å². The van der Waals surface area contributed by atoms with Gasteiger partial charge >= 0.3 is 5.97 Å². The van der Waals surface area contributed by atoms with Gasteiger partial charge in [-0.05, 0) is 37.6 Å². The lowest BCUT2D eigenvalue weighted by molar-refractivity contribution is 0.0500. The molecular weight excluding hydrogens is 358 g/mol. The maximum Gasteiger partial charge on any atom is 0.338 e. The van der Waals surface area contributed by atoms with E-state index in [9.17, 15) is 4.79 Å². The number of unbranched alkanes of at least 4 members (excludes halogenated alkanes) is 3. The molecular formula is C23H24ClNO2. The predicted octanol–water partition coefficient (Wildman–Crippen LogP) is 6.60. The lowest BCUT2D eigenvalue weighted by Crippen LogP contribution is -2.08. The molecule has 1 heterocycles. The SMILES string of the molecule is CCCCCCOC(=O)c1cc(-c2ccc(C)cc2)nc2ccc(Cl)cc12. The standard InChI is InChI=1S/C23H24ClNO2/c1-3-4-5-6-13-27-23(26)20-15-22(17-9-7-16(2)8-10-17)25-21-12-11-18(24)14-19(20)21/h7-12,14-15H,3-6,13H2,1-2H3. The first-order valence-corrected chi connectivity index (χ1v) is 9.80. The lowest BCUT2D eigenvalue weighted by atomic mass is 10.0. The molecule has 0 atom stereocenters. The van der Waals surface area contributed by atoms with E-state index < -0.39 is 0 Å². The molecule has 2 aromatic carbocycles. The number of rotatable bonds is 7. The fourth-order valence-electron chi connectivity index (χ4n) is 3.01. The van der Waals surface area contributed by atoms with Crippen molar-refractivity contribution in [3.05, 3.63) is 64.7 Å². The van der Waals surface area contributed by atoms with Gasteiger partial charge in [0.05, 0.1) is 23.4 Å². The Kier molecular flexibility index (Phi) is 6.46. The summed E-state index contributed by atoms with van der Waals surface area (Å²) in [5, 5.41) is 1.29. The summed E-state index contributed by atoms with van der Waals surface area (Å²) in [6, 6.07) is 15.3. The van der Waals surface area contributed by atoms with Gasteiger partial charge in [-0.3, -0.25) is 0 Å². The fourth-order valence-corrected chi connectivity index (χ4v) is 3.18. The van der Waals surface area contributed by atoms with Gasteiger partial charge in [0.2, 0.25) is 0 Å². The molecule has 0 aliphatic rings. The van der Waals surface area contributed by atoms with E-state index in [4.69, 9.17) is 21.3 Å². The molecule has 140 valence electrons. The van der Waals surface area contributed by atoms with Crippen molar-refractivity contribution >= 4 is 28.5 Å². The average molecular weight is 382 g/mol. The van der Waals surface area contributed by atoms with Gasteiger partial charge in [-0.25, -0.2) is 9.78 Å². The summed E-state index contributed by atoms with van der Waals surface area (Å²) in [6.45, 7) is 4.63. The van der Waals surface area contributed by atoms with Crippen LogP contribution in [0.25, 0.3) is 22.2 Å². The molecule has 0 aliphatic carbocycles. The van der Waals surface area contributed by atoms with Gasteiger partial charge in [0.15, 0.2) is 0 Å². The quantitative estimate of drug-likeness (QED) is 0.342. The van der Waals surface area contributed by atoms with Gasteiger partial charge in [0, 0.05) is 16.0 Å². The third kappa shape index (κ3) is 4.86. The third-order valence-electron chi connectivity index (χ3n) is 4.57. The van der Waals surface area contributed by atoms with E-state index in [0.717, 1.165) is 47.8 Å². The van der Waals surface area contributed by atoms with Crippen LogP contribution in [-0.4, -0.2) is 17.6 Å². The number of carbonyl (C=O) groups is 1. The van der Waals surface area contributed by atoms with Gasteiger partial charge in [-0.15, -0.1) is 0 Å². The Labute approximate surface area is 165 Å². The number of hydrogen-bond acceptors (Lipinski definition) is 3. The Bertz CT molecular complexity index is 935. The van der Waals surface area contributed by atoms with E-state index >= 15 is 0 Å². The number of ether oxygens (including phenoxy) is 1. The number of benzene rings is 2. The van der Waals surface area contributed by atoms with Gasteiger partial charge in [0.1, 0.15) is 0 Å². The number of hydrogen-bond donors (Lipinski definition) is 0. The average Bonchev–Trinajstić information content (AvgIpc) is 2.67. The minimum atomic E-state index is -0.325. The largest absolute Gasteiger partial charge is 0.462 e. The number of pyridine rings is 1. The van der Waals surface area contributed by atoms with Gasteiger partial charge < -0.3 is 4.74 Å². The molecule has 0 spiro atoms. The number of esters is 1. The van der Waals surface area contributed by atoms with Crippen LogP contribution in [0.1, 0.15) is 48.5 Å². The zero-order chi connectivity index (χ0) is 19.2. The van der Waals surface area contributed by atoms with Gasteiger partial charge in [0.25, 0.3) is 0 Å². The van der Waals surface area contributed by atoms with Crippen molar-refractivity contribution in [1.29, 1.82) is 0 Å². The Morgan fingerprint density at radius 3 is 2.56 bits per heavy atom. The van der Waals surface area contributed by atoms with Crippen molar-refractivity contribution < 1.29 is 9.53 Å². The first-order chi connectivity index (χ1) is 13.1. The molecule has 1 aromatic heterocycles. The number of aryl methyl sites for hydroxylation is 1. The Morgan fingerprint density at radius 1 is 1.04 bits per heavy atom. The molecule has 0 bridgehead atoms. The van der Waals surface area contributed by atoms with Crippen LogP contribution in [0.5, 0.6) is 0 Å². The molecule has 3 aromatic rings. The number of aromatic nitrogens is 1. The van der Waals surface area contributed by atoms with Crippen molar-refractivity contribution in [2.75, 3.05) is 6.61 Å². The van der Waals surface area contributed by atoms with Crippen molar-refractivity contribution in [3.63, 3.8) is 0 Å². The molecule has 4 heteroatoms. The first-order valence-electron chi connectivity index (χ1n) is 9.43. The van der Waals surface area contributed by atoms with Crippen LogP contribution in [0.15, 0.2) is 48.5 Å². The second kappa shape index (κ2) is 9.01. The fraction of sp³-hybridized carbons (Fsp3) is 0.304. The molecule has 0 amide bonds. The maximum atomic E-state index is 12.7. The van der Waals surface area contributed by atoms with Crippen LogP contribution in [0.4, 0.5) is 0 Å². The monoisotopic (exact) mass is 381 g/mol. The van der Waals surface area contributed by atoms with Crippen molar-refractivity contribution in [3.8, 4) is 11.3 Å². The summed E-state index contributed by atoms with van der Waals surface area (Å²) in [6.07, 6.45) is 4.26. The van der Waals surface area contributed by atoms with E-state index in [1.807, 2.05) is 37.3 Å². The molecule has 0 unspecified atom stereocenters. The number of carbonyl (C=O) groups excluding carboxylic acids is 1. The summed E-state index contributed by atoms with van der Waals surface area (Å²) in [4.78, 5) is 17.5. The number of fused-ring (bicyclic) bond motifs is 1. The van der Waals surface area contributed by atoms with E-state index in [-0.39, 0.29) is 5.97 Å². The van der Waals surface area contributed by atoms with Crippen LogP contribution in [0, 0.1) is 6.92 Å². The topological polar surface area (TPSA) is 39.2 Å². The summed E-state index contributed by atoms with van der Waals surface area (Å²) in [5.74, 6) is -0.325. The van der Waals surface area contributed by atoms with E-state index in [2.05, 4.69) is 6.92 Å². The minimum Gasteiger partial charge on any atom is -0.462 e. The predicted molar refractivity (Wildman–Crippen MR) is 111 cm³/mol. The second-order valence-electron chi connectivity index (χ2n) is 6.78. The second-order valence-corrected chi connectivity index (χ2v) is 7.22. The molecule has 0 saturated heterocycles. The molecule has 0 fully saturated rings. The molecule has 0 N–H and O–H groups in total. The van der Waals surface area contributed by atoms with E-state index in [0.29, 0.717) is 17.2 Å². The maximum absolute atomic E-state index is 12.7. The summed E-state index contributed by atoms with van der Waals surface area (Å²) in [7, 11) is 0. The number of halogens is 1. The van der Waals surface area contributed by atoms with Crippen molar-refractivity contribution in [1.82, 2.24) is 4.98 Å². The Balaban J connectivity index is 1.94. The van der Waals surface area contributed by atoms with E-state index in [1.54, 1.807) is 18.2 Å². The van der Waals surface area contributed by atoms with Gasteiger partial charge in [-0.1, -0.05) is 67.6 Å². The Hall–Kier alpha value is -2.39. The Morgan fingerprint density at radius 2 is 1.81 bits per heavy atom. The molecule has 27 heavy (non-hydrogen) atoms. The molecule has 0 aliphatic heterocycles. The molecule has 0 radical (unpaired) electrons. The molecule has 3 rings (SSSR count). The third-order valence-corrected chi connectivity index (χ3v) is 4.80. The van der Waals surface area contributed by atoms with Crippen LogP contribution >= 0.6 is 11.6 Å². The molecule has 3 nitrogen and oxygen atoms in total. The van der Waals surface area contributed by atoms with Crippen LogP contribution in [0.3, 0.4) is 0 Å². The highest BCUT2D eigenvalue weighted by molar-refractivity contribution is 6.31. The lowest BCUT2D eigenvalue weighted by Gasteiger charge is -2.11. The van der Waals surface area contributed by atoms with E-state index in [1.165, 1.54) is 5.56 Å². The summed E-state index contributed by atoms with van der Waals surface area (Å²) >= 11 is 6.15. The highest BCUT2D eigenvalue weighted by atomic mass is 35.5. The number of nitrogens with zero attached hydrogens (tertiary/aromatic N) is 1. The van der Waals surface area contributed by atoms with Crippen molar-refractivity contribution in [2.45, 2.75) is 39.5 Å². The summed E-state index contributed by atoms with van der Waals surface area (Å²) in [5.41, 5.74) is 4.14. The van der Waals surface area contributed by atoms with Crippen molar-refractivity contribution in [2.24, 2.45) is 0 Å². The first kappa shape index (κ1) is 19.4. The highest BCUT2D eigenvalue weighted by Crippen LogP contribution is 2.28. The smallest absolute Gasteiger partial charge is 0.338 e. The minimum absolute atomic E-state index is 0.325. The van der Waals surface area contributed by atoms with Crippen LogP contribution < -0.4 is 0 Å². The summed E-state index contributed by atoms with van der Waals surface area (Å²) < 4.78 is 5.52. The zero-order valence-electron chi connectivity index (χ0n) is 15.8. The van der Waals surface area contributed by atoms with Crippen LogP contribution in [0.2, 0.25) is 5.02 Å².